The number of aromatic nitrogens is 4. The summed E-state index contributed by atoms with van der Waals surface area (Å²) in [6, 6.07) is 3.92. The maximum Gasteiger partial charge on any atom is 0.178 e. The molecule has 0 bridgehead atoms. The molecule has 1 aliphatic heterocycles. The molecule has 0 radical (unpaired) electrons. The third-order valence-corrected chi connectivity index (χ3v) is 3.87. The highest BCUT2D eigenvalue weighted by Crippen LogP contribution is 2.23. The first-order chi connectivity index (χ1) is 9.15. The molecule has 1 fully saturated rings. The summed E-state index contributed by atoms with van der Waals surface area (Å²) >= 11 is 0. The fourth-order valence-corrected chi connectivity index (χ4v) is 2.67. The van der Waals surface area contributed by atoms with Crippen LogP contribution in [0.1, 0.15) is 25.6 Å². The fourth-order valence-electron chi connectivity index (χ4n) is 2.67. The minimum atomic E-state index is -0.261. The largest absolute Gasteiger partial charge is 0.393 e. The van der Waals surface area contributed by atoms with Crippen LogP contribution in [-0.4, -0.2) is 44.1 Å². The Hall–Kier alpha value is -1.69. The minimum absolute atomic E-state index is 0.261. The summed E-state index contributed by atoms with van der Waals surface area (Å²) in [6.07, 6.45) is 1.92. The molecule has 0 spiro atoms. The molecule has 1 N–H and O–H groups in total. The van der Waals surface area contributed by atoms with E-state index >= 15 is 0 Å². The van der Waals surface area contributed by atoms with Gasteiger partial charge in [-0.1, -0.05) is 0 Å². The fraction of sp³-hybridized carbons (Fsp3) is 0.615. The molecule has 1 saturated heterocycles. The summed E-state index contributed by atoms with van der Waals surface area (Å²) in [5.41, 5.74) is 0.769. The molecule has 0 aromatic carbocycles. The summed E-state index contributed by atoms with van der Waals surface area (Å²) in [7, 11) is 0. The van der Waals surface area contributed by atoms with Gasteiger partial charge >= 0.3 is 0 Å². The van der Waals surface area contributed by atoms with Crippen molar-refractivity contribution < 1.29 is 5.11 Å². The van der Waals surface area contributed by atoms with Gasteiger partial charge in [0.1, 0.15) is 5.82 Å². The Balaban J connectivity index is 1.88. The number of piperidine rings is 1. The molecule has 1 aliphatic rings. The Morgan fingerprint density at radius 2 is 2.21 bits per heavy atom. The van der Waals surface area contributed by atoms with E-state index in [9.17, 15) is 5.11 Å². The second-order valence-electron chi connectivity index (χ2n) is 5.30. The topological polar surface area (TPSA) is 66.5 Å². The molecule has 19 heavy (non-hydrogen) atoms. The van der Waals surface area contributed by atoms with E-state index in [2.05, 4.69) is 20.2 Å². The predicted octanol–water partition coefficient (Wildman–Crippen LogP) is 1.03. The van der Waals surface area contributed by atoms with Crippen LogP contribution in [0.5, 0.6) is 0 Å². The van der Waals surface area contributed by atoms with Gasteiger partial charge < -0.3 is 10.0 Å². The molecule has 2 aromatic rings. The summed E-state index contributed by atoms with van der Waals surface area (Å²) in [5.74, 6) is 2.05. The summed E-state index contributed by atoms with van der Waals surface area (Å²) in [4.78, 5) is 2.24. The summed E-state index contributed by atoms with van der Waals surface area (Å²) in [5, 5.41) is 22.4. The smallest absolute Gasteiger partial charge is 0.178 e. The maximum atomic E-state index is 9.75. The van der Waals surface area contributed by atoms with Crippen molar-refractivity contribution in [3.63, 3.8) is 0 Å². The number of anilines is 1. The average Bonchev–Trinajstić information content (AvgIpc) is 2.80. The van der Waals surface area contributed by atoms with Crippen molar-refractivity contribution in [1.82, 2.24) is 19.8 Å². The number of fused-ring (bicyclic) bond motifs is 1. The second-order valence-corrected chi connectivity index (χ2v) is 5.30. The van der Waals surface area contributed by atoms with Crippen LogP contribution in [0.3, 0.4) is 0 Å². The normalized spacial score (nSPS) is 21.8. The van der Waals surface area contributed by atoms with Crippen LogP contribution in [0.25, 0.3) is 5.65 Å². The van der Waals surface area contributed by atoms with Gasteiger partial charge in [0.25, 0.3) is 0 Å². The molecule has 0 amide bonds. The molecule has 102 valence electrons. The van der Waals surface area contributed by atoms with Crippen LogP contribution < -0.4 is 4.90 Å². The van der Waals surface area contributed by atoms with Gasteiger partial charge in [-0.25, -0.2) is 0 Å². The molecule has 2 atom stereocenters. The number of hydrogen-bond acceptors (Lipinski definition) is 5. The van der Waals surface area contributed by atoms with Crippen molar-refractivity contribution in [3.8, 4) is 0 Å². The SMILES string of the molecule is Cc1nnc2ccc(N3CCCC(C(C)O)C3)nn12. The molecular weight excluding hydrogens is 242 g/mol. The lowest BCUT2D eigenvalue weighted by molar-refractivity contribution is 0.115. The number of rotatable bonds is 2. The lowest BCUT2D eigenvalue weighted by Gasteiger charge is -2.34. The highest BCUT2D eigenvalue weighted by Gasteiger charge is 2.24. The Labute approximate surface area is 112 Å². The molecule has 3 rings (SSSR count). The third-order valence-electron chi connectivity index (χ3n) is 3.87. The number of nitrogens with zero attached hydrogens (tertiary/aromatic N) is 5. The lowest BCUT2D eigenvalue weighted by atomic mass is 9.93. The number of hydrogen-bond donors (Lipinski definition) is 1. The Bertz CT molecular complexity index is 579. The quantitative estimate of drug-likeness (QED) is 0.874. The van der Waals surface area contributed by atoms with Gasteiger partial charge in [-0.15, -0.1) is 15.3 Å². The maximum absolute atomic E-state index is 9.75. The van der Waals surface area contributed by atoms with Crippen LogP contribution in [0.4, 0.5) is 5.82 Å². The van der Waals surface area contributed by atoms with Crippen molar-refractivity contribution in [3.05, 3.63) is 18.0 Å². The van der Waals surface area contributed by atoms with Crippen LogP contribution in [-0.2, 0) is 0 Å². The van der Waals surface area contributed by atoms with E-state index in [1.807, 2.05) is 26.0 Å². The van der Waals surface area contributed by atoms with E-state index in [0.29, 0.717) is 5.92 Å². The third kappa shape index (κ3) is 2.28. The van der Waals surface area contributed by atoms with E-state index in [0.717, 1.165) is 43.2 Å². The van der Waals surface area contributed by atoms with Crippen molar-refractivity contribution >= 4 is 11.5 Å². The summed E-state index contributed by atoms with van der Waals surface area (Å²) in [6.45, 7) is 5.61. The second kappa shape index (κ2) is 4.77. The Kier molecular flexibility index (Phi) is 3.10. The van der Waals surface area contributed by atoms with Gasteiger partial charge in [-0.2, -0.15) is 4.52 Å². The lowest BCUT2D eigenvalue weighted by Crippen LogP contribution is -2.40. The van der Waals surface area contributed by atoms with Crippen LogP contribution in [0, 0.1) is 12.8 Å². The van der Waals surface area contributed by atoms with Crippen LogP contribution in [0.2, 0.25) is 0 Å². The van der Waals surface area contributed by atoms with Crippen molar-refractivity contribution in [2.24, 2.45) is 5.92 Å². The first-order valence-electron chi connectivity index (χ1n) is 6.77. The van der Waals surface area contributed by atoms with Gasteiger partial charge in [-0.3, -0.25) is 0 Å². The zero-order valence-electron chi connectivity index (χ0n) is 11.3. The van der Waals surface area contributed by atoms with Crippen LogP contribution in [0.15, 0.2) is 12.1 Å². The van der Waals surface area contributed by atoms with E-state index < -0.39 is 0 Å². The zero-order chi connectivity index (χ0) is 13.4. The Morgan fingerprint density at radius 1 is 1.37 bits per heavy atom. The van der Waals surface area contributed by atoms with E-state index in [1.165, 1.54) is 0 Å². The highest BCUT2D eigenvalue weighted by atomic mass is 16.3. The standard InChI is InChI=1S/C13H19N5O/c1-9(19)11-4-3-7-17(8-11)13-6-5-12-15-14-10(2)18(12)16-13/h5-6,9,11,19H,3-4,7-8H2,1-2H3. The molecule has 3 heterocycles. The zero-order valence-corrected chi connectivity index (χ0v) is 11.3. The number of aryl methyl sites for hydroxylation is 1. The van der Waals surface area contributed by atoms with E-state index in [-0.39, 0.29) is 6.10 Å². The average molecular weight is 261 g/mol. The first-order valence-corrected chi connectivity index (χ1v) is 6.77. The predicted molar refractivity (Wildman–Crippen MR) is 72.1 cm³/mol. The molecule has 0 saturated carbocycles. The van der Waals surface area contributed by atoms with E-state index in [1.54, 1.807) is 4.52 Å². The van der Waals surface area contributed by atoms with Crippen molar-refractivity contribution in [2.75, 3.05) is 18.0 Å². The summed E-state index contributed by atoms with van der Waals surface area (Å²) < 4.78 is 1.77. The van der Waals surface area contributed by atoms with Gasteiger partial charge in [0.15, 0.2) is 11.5 Å². The number of aliphatic hydroxyl groups is 1. The van der Waals surface area contributed by atoms with Gasteiger partial charge in [0.2, 0.25) is 0 Å². The van der Waals surface area contributed by atoms with Gasteiger partial charge in [0.05, 0.1) is 6.10 Å². The minimum Gasteiger partial charge on any atom is -0.393 e. The first kappa shape index (κ1) is 12.3. The molecule has 2 aromatic heterocycles. The molecule has 2 unspecified atom stereocenters. The molecule has 6 heteroatoms. The van der Waals surface area contributed by atoms with Gasteiger partial charge in [0, 0.05) is 19.0 Å². The van der Waals surface area contributed by atoms with Crippen LogP contribution >= 0.6 is 0 Å². The molecule has 0 aliphatic carbocycles. The Morgan fingerprint density at radius 3 is 3.00 bits per heavy atom. The van der Waals surface area contributed by atoms with E-state index in [4.69, 9.17) is 0 Å². The van der Waals surface area contributed by atoms with Crippen molar-refractivity contribution in [2.45, 2.75) is 32.8 Å². The monoisotopic (exact) mass is 261 g/mol. The van der Waals surface area contributed by atoms with Gasteiger partial charge in [-0.05, 0) is 38.8 Å². The highest BCUT2D eigenvalue weighted by molar-refractivity contribution is 5.46. The van der Waals surface area contributed by atoms with Crippen molar-refractivity contribution in [1.29, 1.82) is 0 Å². The number of aliphatic hydroxyl groups excluding tert-OH is 1. The molecule has 6 nitrogen and oxygen atoms in total. The molecular formula is C13H19N5O.